The molecule has 1 aromatic carbocycles. The smallest absolute Gasteiger partial charge is 0.142 e. The third-order valence-electron chi connectivity index (χ3n) is 3.87. The molecular weight excluding hydrogens is 309 g/mol. The first kappa shape index (κ1) is 14.9. The van der Waals surface area contributed by atoms with Crippen LogP contribution in [0.5, 0.6) is 0 Å². The van der Waals surface area contributed by atoms with Crippen LogP contribution in [-0.4, -0.2) is 49.6 Å². The average molecular weight is 330 g/mol. The van der Waals surface area contributed by atoms with Crippen molar-refractivity contribution in [1.29, 1.82) is 0 Å². The van der Waals surface area contributed by atoms with Crippen molar-refractivity contribution in [2.24, 2.45) is 5.73 Å². The number of nitrogens with zero attached hydrogens (tertiary/aromatic N) is 2. The van der Waals surface area contributed by atoms with Gasteiger partial charge in [0, 0.05) is 24.2 Å². The highest BCUT2D eigenvalue weighted by Gasteiger charge is 2.29. The van der Waals surface area contributed by atoms with Crippen molar-refractivity contribution in [3.05, 3.63) is 34.1 Å². The van der Waals surface area contributed by atoms with Gasteiger partial charge in [-0.3, -0.25) is 0 Å². The zero-order chi connectivity index (χ0) is 14.0. The second-order valence-corrected chi connectivity index (χ2v) is 6.19. The number of benzene rings is 1. The molecule has 19 heavy (non-hydrogen) atoms. The minimum absolute atomic E-state index is 0.135. The highest BCUT2D eigenvalue weighted by Crippen LogP contribution is 2.27. The maximum absolute atomic E-state index is 14.2. The van der Waals surface area contributed by atoms with Gasteiger partial charge < -0.3 is 15.5 Å². The zero-order valence-electron chi connectivity index (χ0n) is 11.4. The van der Waals surface area contributed by atoms with Crippen molar-refractivity contribution >= 4 is 15.9 Å². The third kappa shape index (κ3) is 3.34. The number of hydrogen-bond donors (Lipinski definition) is 1. The van der Waals surface area contributed by atoms with E-state index in [9.17, 15) is 4.39 Å². The molecule has 2 N–H and O–H groups in total. The lowest BCUT2D eigenvalue weighted by molar-refractivity contribution is 0.194. The van der Waals surface area contributed by atoms with Crippen LogP contribution in [0.2, 0.25) is 0 Å². The highest BCUT2D eigenvalue weighted by molar-refractivity contribution is 9.10. The van der Waals surface area contributed by atoms with E-state index in [1.165, 1.54) is 0 Å². The SMILES string of the molecule is CN1CCCN(C)C(C(N)c2cccc(Br)c2F)C1. The molecule has 1 aliphatic heterocycles. The van der Waals surface area contributed by atoms with Crippen molar-refractivity contribution in [2.75, 3.05) is 33.7 Å². The Kier molecular flexibility index (Phi) is 4.95. The van der Waals surface area contributed by atoms with Crippen LogP contribution in [0.3, 0.4) is 0 Å². The van der Waals surface area contributed by atoms with Crippen molar-refractivity contribution in [2.45, 2.75) is 18.5 Å². The van der Waals surface area contributed by atoms with Gasteiger partial charge in [-0.05, 0) is 55.6 Å². The van der Waals surface area contributed by atoms with E-state index >= 15 is 0 Å². The van der Waals surface area contributed by atoms with Gasteiger partial charge in [0.2, 0.25) is 0 Å². The average Bonchev–Trinajstić information content (AvgIpc) is 2.54. The van der Waals surface area contributed by atoms with Crippen LogP contribution in [0.25, 0.3) is 0 Å². The summed E-state index contributed by atoms with van der Waals surface area (Å²) in [6, 6.07) is 5.14. The topological polar surface area (TPSA) is 32.5 Å². The second-order valence-electron chi connectivity index (χ2n) is 5.33. The van der Waals surface area contributed by atoms with Crippen LogP contribution in [0, 0.1) is 5.82 Å². The van der Waals surface area contributed by atoms with Crippen molar-refractivity contribution < 1.29 is 4.39 Å². The summed E-state index contributed by atoms with van der Waals surface area (Å²) in [6.45, 7) is 2.93. The van der Waals surface area contributed by atoms with E-state index < -0.39 is 0 Å². The fraction of sp³-hybridized carbons (Fsp3) is 0.571. The molecule has 0 spiro atoms. The Labute approximate surface area is 122 Å². The molecule has 0 aliphatic carbocycles. The summed E-state index contributed by atoms with van der Waals surface area (Å²) < 4.78 is 14.7. The summed E-state index contributed by atoms with van der Waals surface area (Å²) >= 11 is 3.23. The van der Waals surface area contributed by atoms with Crippen molar-refractivity contribution in [3.63, 3.8) is 0 Å². The van der Waals surface area contributed by atoms with Gasteiger partial charge >= 0.3 is 0 Å². The lowest BCUT2D eigenvalue weighted by atomic mass is 9.98. The number of rotatable bonds is 2. The van der Waals surface area contributed by atoms with Gasteiger partial charge in [-0.25, -0.2) is 4.39 Å². The Hall–Kier alpha value is -0.490. The molecule has 0 radical (unpaired) electrons. The Bertz CT molecular complexity index is 441. The molecule has 0 aromatic heterocycles. The van der Waals surface area contributed by atoms with E-state index in [1.807, 2.05) is 6.07 Å². The van der Waals surface area contributed by atoms with Gasteiger partial charge in [0.15, 0.2) is 0 Å². The molecule has 1 fully saturated rings. The van der Waals surface area contributed by atoms with Gasteiger partial charge in [0.05, 0.1) is 4.47 Å². The lowest BCUT2D eigenvalue weighted by Gasteiger charge is -2.32. The third-order valence-corrected chi connectivity index (χ3v) is 4.48. The van der Waals surface area contributed by atoms with Crippen LogP contribution in [0.4, 0.5) is 4.39 Å². The highest BCUT2D eigenvalue weighted by atomic mass is 79.9. The predicted molar refractivity (Wildman–Crippen MR) is 79.6 cm³/mol. The molecule has 2 rings (SSSR count). The Morgan fingerprint density at radius 2 is 2.11 bits per heavy atom. The molecule has 1 saturated heterocycles. The normalized spacial score (nSPS) is 24.2. The number of nitrogens with two attached hydrogens (primary N) is 1. The van der Waals surface area contributed by atoms with Gasteiger partial charge in [-0.2, -0.15) is 0 Å². The van der Waals surface area contributed by atoms with Crippen LogP contribution in [0.1, 0.15) is 18.0 Å². The van der Waals surface area contributed by atoms with Crippen molar-refractivity contribution in [3.8, 4) is 0 Å². The first-order chi connectivity index (χ1) is 9.00. The molecule has 0 bridgehead atoms. The van der Waals surface area contributed by atoms with Gasteiger partial charge in [0.1, 0.15) is 5.82 Å². The van der Waals surface area contributed by atoms with E-state index in [1.54, 1.807) is 12.1 Å². The van der Waals surface area contributed by atoms with Crippen molar-refractivity contribution in [1.82, 2.24) is 9.80 Å². The fourth-order valence-corrected chi connectivity index (χ4v) is 3.06. The van der Waals surface area contributed by atoms with E-state index in [4.69, 9.17) is 5.73 Å². The number of likely N-dealkylation sites (N-methyl/N-ethyl adjacent to an activating group) is 2. The molecular formula is C14H21BrFN3. The van der Waals surface area contributed by atoms with Gasteiger partial charge in [-0.1, -0.05) is 12.1 Å². The zero-order valence-corrected chi connectivity index (χ0v) is 13.0. The van der Waals surface area contributed by atoms with Gasteiger partial charge in [0.25, 0.3) is 0 Å². The second kappa shape index (κ2) is 6.31. The lowest BCUT2D eigenvalue weighted by Crippen LogP contribution is -2.45. The molecule has 1 aromatic rings. The summed E-state index contributed by atoms with van der Waals surface area (Å²) in [5.74, 6) is -0.240. The minimum Gasteiger partial charge on any atom is -0.323 e. The molecule has 3 nitrogen and oxygen atoms in total. The van der Waals surface area contributed by atoms with E-state index in [2.05, 4.69) is 39.8 Å². The summed E-state index contributed by atoms with van der Waals surface area (Å²) in [4.78, 5) is 4.51. The molecule has 5 heteroatoms. The summed E-state index contributed by atoms with van der Waals surface area (Å²) in [5, 5.41) is 0. The molecule has 0 saturated carbocycles. The van der Waals surface area contributed by atoms with Crippen LogP contribution in [-0.2, 0) is 0 Å². The fourth-order valence-electron chi connectivity index (χ4n) is 2.68. The molecule has 0 amide bonds. The van der Waals surface area contributed by atoms with Crippen LogP contribution in [0.15, 0.2) is 22.7 Å². The molecule has 2 unspecified atom stereocenters. The molecule has 2 atom stereocenters. The Balaban J connectivity index is 2.26. The summed E-state index contributed by atoms with van der Waals surface area (Å²) in [7, 11) is 4.16. The summed E-state index contributed by atoms with van der Waals surface area (Å²) in [6.07, 6.45) is 1.12. The Morgan fingerprint density at radius 1 is 1.37 bits per heavy atom. The van der Waals surface area contributed by atoms with Gasteiger partial charge in [-0.15, -0.1) is 0 Å². The number of halogens is 2. The molecule has 106 valence electrons. The first-order valence-electron chi connectivity index (χ1n) is 6.59. The number of hydrogen-bond acceptors (Lipinski definition) is 3. The van der Waals surface area contributed by atoms with Crippen LogP contribution < -0.4 is 5.73 Å². The monoisotopic (exact) mass is 329 g/mol. The standard InChI is InChI=1S/C14H21BrFN3/c1-18-7-4-8-19(2)12(9-18)14(17)10-5-3-6-11(15)13(10)16/h3,5-6,12,14H,4,7-9,17H2,1-2H3. The molecule has 1 aliphatic rings. The quantitative estimate of drug-likeness (QED) is 0.903. The maximum Gasteiger partial charge on any atom is 0.142 e. The van der Waals surface area contributed by atoms with Crippen LogP contribution >= 0.6 is 15.9 Å². The minimum atomic E-state index is -0.317. The maximum atomic E-state index is 14.2. The van der Waals surface area contributed by atoms with E-state index in [0.29, 0.717) is 10.0 Å². The predicted octanol–water partition coefficient (Wildman–Crippen LogP) is 2.22. The van der Waals surface area contributed by atoms with E-state index in [-0.39, 0.29) is 17.9 Å². The Morgan fingerprint density at radius 3 is 2.84 bits per heavy atom. The largest absolute Gasteiger partial charge is 0.323 e. The van der Waals surface area contributed by atoms with E-state index in [0.717, 1.165) is 26.1 Å². The molecule has 1 heterocycles. The summed E-state index contributed by atoms with van der Waals surface area (Å²) in [5.41, 5.74) is 6.92. The first-order valence-corrected chi connectivity index (χ1v) is 7.38.